The molecule has 0 aliphatic carbocycles. The third kappa shape index (κ3) is 3.99. The van der Waals surface area contributed by atoms with Gasteiger partial charge in [-0.15, -0.1) is 11.3 Å². The van der Waals surface area contributed by atoms with Gasteiger partial charge in [0.2, 0.25) is 0 Å². The first kappa shape index (κ1) is 17.6. The molecule has 5 heteroatoms. The van der Waals surface area contributed by atoms with Crippen LogP contribution in [0.15, 0.2) is 60.7 Å². The molecule has 0 bridgehead atoms. The summed E-state index contributed by atoms with van der Waals surface area (Å²) in [7, 11) is 0. The van der Waals surface area contributed by atoms with E-state index < -0.39 is 6.10 Å². The van der Waals surface area contributed by atoms with Crippen LogP contribution in [0.1, 0.15) is 34.9 Å². The molecule has 0 amide bonds. The number of benzene rings is 2. The third-order valence-corrected chi connectivity index (χ3v) is 5.34. The topological polar surface area (TPSA) is 58.0 Å². The lowest BCUT2D eigenvalue weighted by Crippen LogP contribution is -2.02. The molecule has 1 atom stereocenters. The van der Waals surface area contributed by atoms with Crippen molar-refractivity contribution in [2.45, 2.75) is 26.4 Å². The average Bonchev–Trinajstić information content (AvgIpc) is 3.03. The van der Waals surface area contributed by atoms with Gasteiger partial charge in [0.05, 0.1) is 11.5 Å². The summed E-state index contributed by atoms with van der Waals surface area (Å²) in [5.74, 6) is 1.60. The molecule has 136 valence electrons. The summed E-state index contributed by atoms with van der Waals surface area (Å²) in [4.78, 5) is 11.8. The van der Waals surface area contributed by atoms with Crippen molar-refractivity contribution in [2.24, 2.45) is 0 Å². The van der Waals surface area contributed by atoms with Crippen LogP contribution < -0.4 is 5.32 Å². The Morgan fingerprint density at radius 2 is 1.85 bits per heavy atom. The van der Waals surface area contributed by atoms with E-state index in [2.05, 4.69) is 30.4 Å². The van der Waals surface area contributed by atoms with Crippen molar-refractivity contribution < 1.29 is 5.11 Å². The molecule has 2 N–H and O–H groups in total. The van der Waals surface area contributed by atoms with Gasteiger partial charge in [0.25, 0.3) is 0 Å². The molecular formula is C22H21N3OS. The normalized spacial score (nSPS) is 12.3. The molecule has 2 aromatic carbocycles. The van der Waals surface area contributed by atoms with Gasteiger partial charge in [-0.25, -0.2) is 9.97 Å². The lowest BCUT2D eigenvalue weighted by molar-refractivity contribution is 0.199. The summed E-state index contributed by atoms with van der Waals surface area (Å²) in [5, 5.41) is 14.3. The molecule has 4 rings (SSSR count). The van der Waals surface area contributed by atoms with Crippen LogP contribution in [0.5, 0.6) is 0 Å². The first-order valence-corrected chi connectivity index (χ1v) is 9.76. The number of fused-ring (bicyclic) bond motifs is 1. The predicted molar refractivity (Wildman–Crippen MR) is 112 cm³/mol. The van der Waals surface area contributed by atoms with E-state index in [9.17, 15) is 5.11 Å². The summed E-state index contributed by atoms with van der Waals surface area (Å²) in [6.45, 7) is 3.85. The van der Waals surface area contributed by atoms with Crippen LogP contribution >= 0.6 is 11.3 Å². The zero-order chi connectivity index (χ0) is 18.8. The van der Waals surface area contributed by atoms with Gasteiger partial charge in [0, 0.05) is 17.0 Å². The molecule has 2 aromatic heterocycles. The molecule has 0 saturated heterocycles. The van der Waals surface area contributed by atoms with E-state index >= 15 is 0 Å². The van der Waals surface area contributed by atoms with E-state index in [1.54, 1.807) is 18.3 Å². The first-order valence-electron chi connectivity index (χ1n) is 8.94. The van der Waals surface area contributed by atoms with Crippen LogP contribution in [0, 0.1) is 6.92 Å². The van der Waals surface area contributed by atoms with Crippen molar-refractivity contribution >= 4 is 33.1 Å². The minimum Gasteiger partial charge on any atom is -0.389 e. The molecule has 4 aromatic rings. The zero-order valence-corrected chi connectivity index (χ0v) is 16.1. The van der Waals surface area contributed by atoms with Gasteiger partial charge in [-0.05, 0) is 43.2 Å². The highest BCUT2D eigenvalue weighted by molar-refractivity contribution is 7.18. The third-order valence-electron chi connectivity index (χ3n) is 4.40. The van der Waals surface area contributed by atoms with Crippen LogP contribution in [0.4, 0.5) is 11.5 Å². The lowest BCUT2D eigenvalue weighted by Gasteiger charge is -2.11. The van der Waals surface area contributed by atoms with Crippen molar-refractivity contribution in [1.29, 1.82) is 0 Å². The van der Waals surface area contributed by atoms with Gasteiger partial charge in [-0.2, -0.15) is 0 Å². The van der Waals surface area contributed by atoms with Crippen molar-refractivity contribution in [2.75, 3.05) is 5.32 Å². The monoisotopic (exact) mass is 375 g/mol. The maximum absolute atomic E-state index is 9.85. The molecule has 0 aliphatic heterocycles. The second-order valence-corrected chi connectivity index (χ2v) is 7.89. The number of aliphatic hydroxyl groups is 1. The largest absolute Gasteiger partial charge is 0.389 e. The number of aryl methyl sites for hydroxylation is 1. The molecule has 0 aliphatic rings. The van der Waals surface area contributed by atoms with E-state index in [-0.39, 0.29) is 0 Å². The number of anilines is 2. The summed E-state index contributed by atoms with van der Waals surface area (Å²) < 4.78 is 0. The second-order valence-electron chi connectivity index (χ2n) is 6.65. The van der Waals surface area contributed by atoms with Crippen LogP contribution in [0.25, 0.3) is 10.2 Å². The number of nitrogens with one attached hydrogen (secondary N) is 1. The molecule has 4 nitrogen and oxygen atoms in total. The summed E-state index contributed by atoms with van der Waals surface area (Å²) in [6, 6.07) is 20.2. The number of hydrogen-bond acceptors (Lipinski definition) is 5. The van der Waals surface area contributed by atoms with Gasteiger partial charge in [-0.3, -0.25) is 0 Å². The van der Waals surface area contributed by atoms with Crippen molar-refractivity contribution in [3.8, 4) is 0 Å². The highest BCUT2D eigenvalue weighted by atomic mass is 32.1. The van der Waals surface area contributed by atoms with E-state index in [4.69, 9.17) is 9.97 Å². The molecule has 0 saturated carbocycles. The van der Waals surface area contributed by atoms with Crippen LogP contribution in [-0.4, -0.2) is 15.1 Å². The van der Waals surface area contributed by atoms with Gasteiger partial charge < -0.3 is 10.4 Å². The van der Waals surface area contributed by atoms with Crippen LogP contribution in [-0.2, 0) is 6.42 Å². The standard InChI is InChI=1S/C22H21N3OS/c1-14-11-19-21(23-18-10-6-9-17(13-18)15(2)26)24-20(25-22(19)27-14)12-16-7-4-3-5-8-16/h3-11,13,15,26H,12H2,1-2H3,(H,23,24,25). The Hall–Kier alpha value is -2.76. The Balaban J connectivity index is 1.73. The molecule has 0 fully saturated rings. The SMILES string of the molecule is Cc1cc2c(Nc3cccc(C(C)O)c3)nc(Cc3ccccc3)nc2s1. The number of aliphatic hydroxyl groups excluding tert-OH is 1. The summed E-state index contributed by atoms with van der Waals surface area (Å²) >= 11 is 1.68. The number of rotatable bonds is 5. The molecule has 0 radical (unpaired) electrons. The first-order chi connectivity index (χ1) is 13.1. The van der Waals surface area contributed by atoms with E-state index in [0.29, 0.717) is 6.42 Å². The predicted octanol–water partition coefficient (Wildman–Crippen LogP) is 5.39. The Labute approximate surface area is 162 Å². The number of aromatic nitrogens is 2. The van der Waals surface area contributed by atoms with Gasteiger partial charge in [0.15, 0.2) is 0 Å². The molecule has 1 unspecified atom stereocenters. The van der Waals surface area contributed by atoms with Crippen LogP contribution in [0.2, 0.25) is 0 Å². The fraction of sp³-hybridized carbons (Fsp3) is 0.182. The van der Waals surface area contributed by atoms with Gasteiger partial charge in [0.1, 0.15) is 16.5 Å². The minimum absolute atomic E-state index is 0.505. The summed E-state index contributed by atoms with van der Waals surface area (Å²) in [6.07, 6.45) is 0.185. The van der Waals surface area contributed by atoms with Crippen molar-refractivity contribution in [3.63, 3.8) is 0 Å². The maximum Gasteiger partial charge on any atom is 0.142 e. The number of nitrogens with zero attached hydrogens (tertiary/aromatic N) is 2. The number of thiophene rings is 1. The molecule has 27 heavy (non-hydrogen) atoms. The second kappa shape index (κ2) is 7.47. The minimum atomic E-state index is -0.505. The highest BCUT2D eigenvalue weighted by Gasteiger charge is 2.12. The Kier molecular flexibility index (Phi) is 4.88. The molecule has 0 spiro atoms. The Morgan fingerprint density at radius 3 is 2.63 bits per heavy atom. The number of hydrogen-bond donors (Lipinski definition) is 2. The summed E-state index contributed by atoms with van der Waals surface area (Å²) in [5.41, 5.74) is 2.96. The maximum atomic E-state index is 9.85. The smallest absolute Gasteiger partial charge is 0.142 e. The highest BCUT2D eigenvalue weighted by Crippen LogP contribution is 2.31. The lowest BCUT2D eigenvalue weighted by atomic mass is 10.1. The quantitative estimate of drug-likeness (QED) is 0.491. The average molecular weight is 375 g/mol. The van der Waals surface area contributed by atoms with Gasteiger partial charge >= 0.3 is 0 Å². The van der Waals surface area contributed by atoms with Crippen LogP contribution in [0.3, 0.4) is 0 Å². The fourth-order valence-corrected chi connectivity index (χ4v) is 3.95. The van der Waals surface area contributed by atoms with E-state index in [0.717, 1.165) is 33.1 Å². The van der Waals surface area contributed by atoms with Crippen molar-refractivity contribution in [3.05, 3.63) is 82.5 Å². The Morgan fingerprint density at radius 1 is 1.04 bits per heavy atom. The van der Waals surface area contributed by atoms with E-state index in [1.807, 2.05) is 42.5 Å². The van der Waals surface area contributed by atoms with Gasteiger partial charge in [-0.1, -0.05) is 42.5 Å². The Bertz CT molecular complexity index is 1070. The zero-order valence-electron chi connectivity index (χ0n) is 15.3. The molecule has 2 heterocycles. The van der Waals surface area contributed by atoms with Crippen molar-refractivity contribution in [1.82, 2.24) is 9.97 Å². The van der Waals surface area contributed by atoms with E-state index in [1.165, 1.54) is 10.4 Å². The fourth-order valence-electron chi connectivity index (χ4n) is 3.05. The molecular weight excluding hydrogens is 354 g/mol.